The zero-order valence-corrected chi connectivity index (χ0v) is 10.9. The third-order valence-electron chi connectivity index (χ3n) is 2.52. The van der Waals surface area contributed by atoms with Crippen molar-refractivity contribution in [3.63, 3.8) is 0 Å². The van der Waals surface area contributed by atoms with E-state index in [1.807, 2.05) is 6.92 Å². The minimum atomic E-state index is -0.115. The molecular weight excluding hydrogens is 238 g/mol. The SMILES string of the molecule is Cc1cc(C(=O)NCCCC(C)Cl)ccc1O. The number of hydrogen-bond acceptors (Lipinski definition) is 2. The molecule has 1 aromatic rings. The van der Waals surface area contributed by atoms with Crippen molar-refractivity contribution in [2.24, 2.45) is 0 Å². The molecule has 17 heavy (non-hydrogen) atoms. The number of amides is 1. The lowest BCUT2D eigenvalue weighted by Gasteiger charge is -2.07. The van der Waals surface area contributed by atoms with Gasteiger partial charge in [-0.3, -0.25) is 4.79 Å². The van der Waals surface area contributed by atoms with E-state index in [0.717, 1.165) is 12.8 Å². The first-order chi connectivity index (χ1) is 8.00. The van der Waals surface area contributed by atoms with Crippen LogP contribution in [0.4, 0.5) is 0 Å². The van der Waals surface area contributed by atoms with Gasteiger partial charge in [0.1, 0.15) is 5.75 Å². The van der Waals surface area contributed by atoms with Gasteiger partial charge in [0.2, 0.25) is 0 Å². The number of phenolic OH excluding ortho intramolecular Hbond substituents is 1. The van der Waals surface area contributed by atoms with E-state index < -0.39 is 0 Å². The van der Waals surface area contributed by atoms with E-state index in [9.17, 15) is 9.90 Å². The van der Waals surface area contributed by atoms with Crippen LogP contribution in [-0.4, -0.2) is 22.9 Å². The summed E-state index contributed by atoms with van der Waals surface area (Å²) in [6, 6.07) is 4.82. The molecule has 1 amide bonds. The van der Waals surface area contributed by atoms with Gasteiger partial charge in [-0.1, -0.05) is 0 Å². The molecule has 3 nitrogen and oxygen atoms in total. The molecule has 1 rings (SSSR count). The molecule has 0 saturated carbocycles. The summed E-state index contributed by atoms with van der Waals surface area (Å²) in [6.45, 7) is 4.32. The molecule has 94 valence electrons. The van der Waals surface area contributed by atoms with Crippen LogP contribution >= 0.6 is 11.6 Å². The van der Waals surface area contributed by atoms with Crippen LogP contribution in [0.1, 0.15) is 35.7 Å². The number of halogens is 1. The molecule has 0 saturated heterocycles. The Bertz CT molecular complexity index is 391. The normalized spacial score (nSPS) is 12.2. The smallest absolute Gasteiger partial charge is 0.251 e. The largest absolute Gasteiger partial charge is 0.508 e. The van der Waals surface area contributed by atoms with Gasteiger partial charge in [0.15, 0.2) is 0 Å². The van der Waals surface area contributed by atoms with Crippen molar-refractivity contribution in [1.82, 2.24) is 5.32 Å². The molecule has 0 radical (unpaired) electrons. The third-order valence-corrected chi connectivity index (χ3v) is 2.74. The first-order valence-electron chi connectivity index (χ1n) is 5.72. The van der Waals surface area contributed by atoms with Crippen molar-refractivity contribution in [1.29, 1.82) is 0 Å². The fourth-order valence-corrected chi connectivity index (χ4v) is 1.64. The summed E-state index contributed by atoms with van der Waals surface area (Å²) in [5.41, 5.74) is 1.27. The summed E-state index contributed by atoms with van der Waals surface area (Å²) in [5.74, 6) is 0.0906. The van der Waals surface area contributed by atoms with Gasteiger partial charge in [-0.15, -0.1) is 11.6 Å². The molecule has 0 aliphatic rings. The zero-order chi connectivity index (χ0) is 12.8. The Hall–Kier alpha value is -1.22. The number of aryl methyl sites for hydroxylation is 1. The number of nitrogens with one attached hydrogen (secondary N) is 1. The van der Waals surface area contributed by atoms with Crippen LogP contribution in [-0.2, 0) is 0 Å². The monoisotopic (exact) mass is 255 g/mol. The topological polar surface area (TPSA) is 49.3 Å². The summed E-state index contributed by atoms with van der Waals surface area (Å²) in [7, 11) is 0. The van der Waals surface area contributed by atoms with Crippen molar-refractivity contribution in [2.45, 2.75) is 32.1 Å². The van der Waals surface area contributed by atoms with Crippen molar-refractivity contribution >= 4 is 17.5 Å². The number of carbonyl (C=O) groups is 1. The Balaban J connectivity index is 2.44. The highest BCUT2D eigenvalue weighted by Gasteiger charge is 2.06. The molecule has 0 aliphatic heterocycles. The maximum Gasteiger partial charge on any atom is 0.251 e. The van der Waals surface area contributed by atoms with E-state index in [4.69, 9.17) is 11.6 Å². The Kier molecular flexibility index (Phi) is 5.29. The van der Waals surface area contributed by atoms with E-state index in [2.05, 4.69) is 5.32 Å². The number of hydrogen-bond donors (Lipinski definition) is 2. The lowest BCUT2D eigenvalue weighted by molar-refractivity contribution is 0.0953. The van der Waals surface area contributed by atoms with Crippen molar-refractivity contribution < 1.29 is 9.90 Å². The van der Waals surface area contributed by atoms with Gasteiger partial charge in [0.25, 0.3) is 5.91 Å². The Morgan fingerprint density at radius 1 is 1.53 bits per heavy atom. The minimum absolute atomic E-state index is 0.115. The van der Waals surface area contributed by atoms with Crippen LogP contribution in [0.15, 0.2) is 18.2 Å². The van der Waals surface area contributed by atoms with E-state index in [-0.39, 0.29) is 17.0 Å². The maximum atomic E-state index is 11.7. The molecule has 0 aliphatic carbocycles. The first kappa shape index (κ1) is 13.8. The molecule has 0 fully saturated rings. The van der Waals surface area contributed by atoms with Gasteiger partial charge < -0.3 is 10.4 Å². The van der Waals surface area contributed by atoms with Crippen LogP contribution in [0.2, 0.25) is 0 Å². The number of rotatable bonds is 5. The van der Waals surface area contributed by atoms with Gasteiger partial charge in [0.05, 0.1) is 0 Å². The Morgan fingerprint density at radius 3 is 2.82 bits per heavy atom. The number of aromatic hydroxyl groups is 1. The zero-order valence-electron chi connectivity index (χ0n) is 10.2. The number of benzene rings is 1. The van der Waals surface area contributed by atoms with E-state index in [0.29, 0.717) is 17.7 Å². The first-order valence-corrected chi connectivity index (χ1v) is 6.16. The highest BCUT2D eigenvalue weighted by molar-refractivity contribution is 6.20. The van der Waals surface area contributed by atoms with E-state index in [1.54, 1.807) is 19.1 Å². The van der Waals surface area contributed by atoms with Crippen LogP contribution < -0.4 is 5.32 Å². The van der Waals surface area contributed by atoms with Crippen LogP contribution in [0, 0.1) is 6.92 Å². The van der Waals surface area contributed by atoms with E-state index >= 15 is 0 Å². The lowest BCUT2D eigenvalue weighted by Crippen LogP contribution is -2.24. The molecule has 0 aromatic heterocycles. The fraction of sp³-hybridized carbons (Fsp3) is 0.462. The molecule has 4 heteroatoms. The highest BCUT2D eigenvalue weighted by Crippen LogP contribution is 2.16. The molecule has 0 bridgehead atoms. The van der Waals surface area contributed by atoms with Crippen LogP contribution in [0.25, 0.3) is 0 Å². The average molecular weight is 256 g/mol. The molecule has 1 aromatic carbocycles. The predicted molar refractivity (Wildman–Crippen MR) is 69.7 cm³/mol. The van der Waals surface area contributed by atoms with Crippen molar-refractivity contribution in [2.75, 3.05) is 6.54 Å². The minimum Gasteiger partial charge on any atom is -0.508 e. The van der Waals surface area contributed by atoms with Crippen LogP contribution in [0.5, 0.6) is 5.75 Å². The molecule has 0 spiro atoms. The van der Waals surface area contributed by atoms with Gasteiger partial charge in [-0.05, 0) is 50.5 Å². The quantitative estimate of drug-likeness (QED) is 0.628. The van der Waals surface area contributed by atoms with E-state index in [1.165, 1.54) is 6.07 Å². The predicted octanol–water partition coefficient (Wildman–Crippen LogP) is 2.84. The highest BCUT2D eigenvalue weighted by atomic mass is 35.5. The molecule has 1 unspecified atom stereocenters. The molecule has 2 N–H and O–H groups in total. The van der Waals surface area contributed by atoms with Crippen LogP contribution in [0.3, 0.4) is 0 Å². The number of carbonyl (C=O) groups excluding carboxylic acids is 1. The van der Waals surface area contributed by atoms with Gasteiger partial charge in [-0.25, -0.2) is 0 Å². The fourth-order valence-electron chi connectivity index (χ4n) is 1.48. The van der Waals surface area contributed by atoms with Gasteiger partial charge >= 0.3 is 0 Å². The second-order valence-corrected chi connectivity index (χ2v) is 4.93. The van der Waals surface area contributed by atoms with Crippen molar-refractivity contribution in [3.8, 4) is 5.75 Å². The third kappa shape index (κ3) is 4.65. The summed E-state index contributed by atoms with van der Waals surface area (Å²) in [5, 5.41) is 12.3. The van der Waals surface area contributed by atoms with Gasteiger partial charge in [-0.2, -0.15) is 0 Å². The summed E-state index contributed by atoms with van der Waals surface area (Å²) >= 11 is 5.81. The summed E-state index contributed by atoms with van der Waals surface area (Å²) in [6.07, 6.45) is 1.75. The Labute approximate surface area is 107 Å². The standard InChI is InChI=1S/C13H18ClNO2/c1-9-8-11(5-6-12(9)16)13(17)15-7-3-4-10(2)14/h5-6,8,10,16H,3-4,7H2,1-2H3,(H,15,17). The second-order valence-electron chi connectivity index (χ2n) is 4.18. The number of alkyl halides is 1. The Morgan fingerprint density at radius 2 is 2.24 bits per heavy atom. The molecule has 0 heterocycles. The average Bonchev–Trinajstić information content (AvgIpc) is 2.27. The molecule has 1 atom stereocenters. The summed E-state index contributed by atoms with van der Waals surface area (Å²) < 4.78 is 0. The number of phenols is 1. The maximum absolute atomic E-state index is 11.7. The summed E-state index contributed by atoms with van der Waals surface area (Å²) in [4.78, 5) is 11.7. The lowest BCUT2D eigenvalue weighted by atomic mass is 10.1. The second kappa shape index (κ2) is 6.50. The molecular formula is C13H18ClNO2. The van der Waals surface area contributed by atoms with Crippen molar-refractivity contribution in [3.05, 3.63) is 29.3 Å². The van der Waals surface area contributed by atoms with Gasteiger partial charge in [0, 0.05) is 17.5 Å².